The molecule has 0 saturated heterocycles. The van der Waals surface area contributed by atoms with Gasteiger partial charge in [0.25, 0.3) is 5.91 Å². The molecular weight excluding hydrogens is 292 g/mol. The Kier molecular flexibility index (Phi) is 4.05. The van der Waals surface area contributed by atoms with E-state index in [1.807, 2.05) is 19.1 Å². The van der Waals surface area contributed by atoms with Gasteiger partial charge in [0.15, 0.2) is 0 Å². The van der Waals surface area contributed by atoms with Crippen LogP contribution in [-0.4, -0.2) is 25.8 Å². The molecular formula is C17H16N4O2. The van der Waals surface area contributed by atoms with Crippen LogP contribution in [0.3, 0.4) is 0 Å². The number of aromatic hydroxyl groups is 1. The topological polar surface area (TPSA) is 80.0 Å². The molecule has 0 bridgehead atoms. The van der Waals surface area contributed by atoms with E-state index in [0.29, 0.717) is 12.2 Å². The summed E-state index contributed by atoms with van der Waals surface area (Å²) in [6, 6.07) is 8.72. The third-order valence-electron chi connectivity index (χ3n) is 3.36. The lowest BCUT2D eigenvalue weighted by Crippen LogP contribution is -2.12. The number of amides is 1. The van der Waals surface area contributed by atoms with Gasteiger partial charge in [-0.25, -0.2) is 0 Å². The minimum atomic E-state index is -0.368. The molecule has 23 heavy (non-hydrogen) atoms. The Morgan fingerprint density at radius 1 is 1.30 bits per heavy atom. The summed E-state index contributed by atoms with van der Waals surface area (Å²) >= 11 is 0. The van der Waals surface area contributed by atoms with E-state index < -0.39 is 0 Å². The highest BCUT2D eigenvalue weighted by Crippen LogP contribution is 2.19. The second-order valence-corrected chi connectivity index (χ2v) is 5.26. The molecule has 0 radical (unpaired) electrons. The number of nitrogens with one attached hydrogen (secondary N) is 1. The van der Waals surface area contributed by atoms with Gasteiger partial charge in [-0.3, -0.25) is 14.5 Å². The fraction of sp³-hybridized carbons (Fsp3) is 0.118. The van der Waals surface area contributed by atoms with E-state index in [2.05, 4.69) is 15.4 Å². The molecule has 0 saturated carbocycles. The number of phenols is 1. The van der Waals surface area contributed by atoms with Crippen molar-refractivity contribution in [1.82, 2.24) is 14.8 Å². The second kappa shape index (κ2) is 6.31. The smallest absolute Gasteiger partial charge is 0.259 e. The zero-order valence-corrected chi connectivity index (χ0v) is 12.6. The van der Waals surface area contributed by atoms with Crippen LogP contribution in [0, 0.1) is 6.92 Å². The van der Waals surface area contributed by atoms with Gasteiger partial charge in [0.1, 0.15) is 5.75 Å². The van der Waals surface area contributed by atoms with Gasteiger partial charge in [-0.2, -0.15) is 5.10 Å². The van der Waals surface area contributed by atoms with E-state index in [1.54, 1.807) is 41.6 Å². The number of hydrogen-bond donors (Lipinski definition) is 2. The van der Waals surface area contributed by atoms with E-state index in [-0.39, 0.29) is 17.2 Å². The minimum absolute atomic E-state index is 0.0455. The maximum Gasteiger partial charge on any atom is 0.259 e. The first-order chi connectivity index (χ1) is 11.1. The van der Waals surface area contributed by atoms with Crippen LogP contribution < -0.4 is 5.32 Å². The fourth-order valence-corrected chi connectivity index (χ4v) is 2.22. The van der Waals surface area contributed by atoms with E-state index >= 15 is 0 Å². The lowest BCUT2D eigenvalue weighted by Gasteiger charge is -2.06. The highest BCUT2D eigenvalue weighted by Gasteiger charge is 2.12. The van der Waals surface area contributed by atoms with Crippen LogP contribution in [0.5, 0.6) is 5.75 Å². The second-order valence-electron chi connectivity index (χ2n) is 5.26. The normalized spacial score (nSPS) is 10.5. The van der Waals surface area contributed by atoms with Gasteiger partial charge < -0.3 is 10.4 Å². The number of phenolic OH excluding ortho intramolecular Hbond substituents is 1. The summed E-state index contributed by atoms with van der Waals surface area (Å²) in [5.74, 6) is -0.414. The standard InChI is InChI=1S/C17H16N4O2/c1-12-4-5-16(22)15(7-12)17(23)20-14-9-19-21(11-14)10-13-3-2-6-18-8-13/h2-9,11,22H,10H2,1H3,(H,20,23). The zero-order valence-electron chi connectivity index (χ0n) is 12.6. The number of nitrogens with zero attached hydrogens (tertiary/aromatic N) is 3. The monoisotopic (exact) mass is 308 g/mol. The van der Waals surface area contributed by atoms with Crippen molar-refractivity contribution >= 4 is 11.6 Å². The fourth-order valence-electron chi connectivity index (χ4n) is 2.22. The van der Waals surface area contributed by atoms with Crippen LogP contribution in [0.1, 0.15) is 21.5 Å². The van der Waals surface area contributed by atoms with Crippen molar-refractivity contribution in [1.29, 1.82) is 0 Å². The molecule has 116 valence electrons. The van der Waals surface area contributed by atoms with E-state index in [0.717, 1.165) is 11.1 Å². The molecule has 0 aliphatic rings. The van der Waals surface area contributed by atoms with Gasteiger partial charge in [0, 0.05) is 18.6 Å². The average Bonchev–Trinajstić information content (AvgIpc) is 2.97. The summed E-state index contributed by atoms with van der Waals surface area (Å²) in [7, 11) is 0. The SMILES string of the molecule is Cc1ccc(O)c(C(=O)Nc2cnn(Cc3cccnc3)c2)c1. The summed E-state index contributed by atoms with van der Waals surface area (Å²) in [4.78, 5) is 16.3. The number of hydrogen-bond acceptors (Lipinski definition) is 4. The number of benzene rings is 1. The number of aromatic nitrogens is 3. The number of carbonyl (C=O) groups is 1. The van der Waals surface area contributed by atoms with Crippen LogP contribution in [0.4, 0.5) is 5.69 Å². The molecule has 2 heterocycles. The van der Waals surface area contributed by atoms with Crippen LogP contribution >= 0.6 is 0 Å². The van der Waals surface area contributed by atoms with Crippen molar-refractivity contribution in [2.24, 2.45) is 0 Å². The van der Waals surface area contributed by atoms with Gasteiger partial charge >= 0.3 is 0 Å². The van der Waals surface area contributed by atoms with Crippen molar-refractivity contribution in [3.63, 3.8) is 0 Å². The number of aryl methyl sites for hydroxylation is 1. The molecule has 6 nitrogen and oxygen atoms in total. The molecule has 6 heteroatoms. The van der Waals surface area contributed by atoms with Crippen molar-refractivity contribution in [2.45, 2.75) is 13.5 Å². The molecule has 0 aliphatic heterocycles. The van der Waals surface area contributed by atoms with Crippen LogP contribution in [-0.2, 0) is 6.54 Å². The highest BCUT2D eigenvalue weighted by molar-refractivity contribution is 6.06. The van der Waals surface area contributed by atoms with Crippen LogP contribution in [0.15, 0.2) is 55.1 Å². The molecule has 3 aromatic rings. The Hall–Kier alpha value is -3.15. The largest absolute Gasteiger partial charge is 0.507 e. The summed E-state index contributed by atoms with van der Waals surface area (Å²) in [6.07, 6.45) is 6.79. The molecule has 1 amide bonds. The molecule has 0 atom stereocenters. The third kappa shape index (κ3) is 3.55. The Bertz CT molecular complexity index is 828. The molecule has 0 aliphatic carbocycles. The van der Waals surface area contributed by atoms with E-state index in [9.17, 15) is 9.90 Å². The van der Waals surface area contributed by atoms with Crippen molar-refractivity contribution < 1.29 is 9.90 Å². The minimum Gasteiger partial charge on any atom is -0.507 e. The van der Waals surface area contributed by atoms with E-state index in [4.69, 9.17) is 0 Å². The first-order valence-electron chi connectivity index (χ1n) is 7.14. The summed E-state index contributed by atoms with van der Waals surface area (Å²) in [5, 5.41) is 16.7. The first-order valence-corrected chi connectivity index (χ1v) is 7.14. The molecule has 0 unspecified atom stereocenters. The molecule has 0 spiro atoms. The molecule has 1 aromatic carbocycles. The van der Waals surface area contributed by atoms with Gasteiger partial charge in [-0.05, 0) is 30.7 Å². The Morgan fingerprint density at radius 3 is 2.96 bits per heavy atom. The maximum atomic E-state index is 12.2. The molecule has 3 rings (SSSR count). The van der Waals surface area contributed by atoms with Crippen LogP contribution in [0.25, 0.3) is 0 Å². The van der Waals surface area contributed by atoms with Crippen molar-refractivity contribution in [3.05, 3.63) is 71.8 Å². The molecule has 0 fully saturated rings. The Labute approximate surface area is 133 Å². The van der Waals surface area contributed by atoms with Crippen molar-refractivity contribution in [3.8, 4) is 5.75 Å². The Balaban J connectivity index is 1.71. The lowest BCUT2D eigenvalue weighted by molar-refractivity contribution is 0.102. The summed E-state index contributed by atoms with van der Waals surface area (Å²) in [5.41, 5.74) is 2.73. The maximum absolute atomic E-state index is 12.2. The molecule has 2 aromatic heterocycles. The van der Waals surface area contributed by atoms with Gasteiger partial charge in [0.05, 0.1) is 24.0 Å². The van der Waals surface area contributed by atoms with Gasteiger partial charge in [-0.1, -0.05) is 17.7 Å². The number of pyridine rings is 1. The predicted octanol–water partition coefficient (Wildman–Crippen LogP) is 2.59. The van der Waals surface area contributed by atoms with Crippen molar-refractivity contribution in [2.75, 3.05) is 5.32 Å². The lowest BCUT2D eigenvalue weighted by atomic mass is 10.1. The third-order valence-corrected chi connectivity index (χ3v) is 3.36. The number of rotatable bonds is 4. The average molecular weight is 308 g/mol. The van der Waals surface area contributed by atoms with Gasteiger partial charge in [-0.15, -0.1) is 0 Å². The van der Waals surface area contributed by atoms with E-state index in [1.165, 1.54) is 6.07 Å². The highest BCUT2D eigenvalue weighted by atomic mass is 16.3. The zero-order chi connectivity index (χ0) is 16.2. The Morgan fingerprint density at radius 2 is 2.17 bits per heavy atom. The van der Waals surface area contributed by atoms with Gasteiger partial charge in [0.2, 0.25) is 0 Å². The number of anilines is 1. The first kappa shape index (κ1) is 14.8. The predicted molar refractivity (Wildman–Crippen MR) is 86.4 cm³/mol. The summed E-state index contributed by atoms with van der Waals surface area (Å²) in [6.45, 7) is 2.43. The molecule has 2 N–H and O–H groups in total. The van der Waals surface area contributed by atoms with Crippen LogP contribution in [0.2, 0.25) is 0 Å². The summed E-state index contributed by atoms with van der Waals surface area (Å²) < 4.78 is 1.71. The quantitative estimate of drug-likeness (QED) is 0.776. The number of carbonyl (C=O) groups excluding carboxylic acids is 1.